The zero-order valence-electron chi connectivity index (χ0n) is 15.7. The second-order valence-electron chi connectivity index (χ2n) is 7.40. The van der Waals surface area contributed by atoms with Crippen LogP contribution in [0.1, 0.15) is 22.8 Å². The fourth-order valence-electron chi connectivity index (χ4n) is 3.93. The minimum Gasteiger partial charge on any atom is -0.386 e. The van der Waals surface area contributed by atoms with Crippen LogP contribution in [0.5, 0.6) is 0 Å². The highest BCUT2D eigenvalue weighted by Gasteiger charge is 2.37. The highest BCUT2D eigenvalue weighted by molar-refractivity contribution is 5.86. The third-order valence-electron chi connectivity index (χ3n) is 5.33. The highest BCUT2D eigenvalue weighted by atomic mass is 16.3. The highest BCUT2D eigenvalue weighted by Crippen LogP contribution is 2.36. The first-order valence-electron chi connectivity index (χ1n) is 9.62. The summed E-state index contributed by atoms with van der Waals surface area (Å²) in [7, 11) is 0. The Labute approximate surface area is 165 Å². The van der Waals surface area contributed by atoms with Gasteiger partial charge in [-0.05, 0) is 27.5 Å². The zero-order chi connectivity index (χ0) is 19.4. The van der Waals surface area contributed by atoms with E-state index in [0.29, 0.717) is 12.8 Å². The summed E-state index contributed by atoms with van der Waals surface area (Å²) in [6.07, 6.45) is -0.278. The van der Waals surface area contributed by atoms with Crippen LogP contribution in [0.2, 0.25) is 0 Å². The molecular weight excluding hydrogens is 344 g/mol. The number of aliphatic hydroxyl groups is 2. The van der Waals surface area contributed by atoms with Gasteiger partial charge in [-0.3, -0.25) is 0 Å². The zero-order valence-corrected chi connectivity index (χ0v) is 15.7. The van der Waals surface area contributed by atoms with Crippen molar-refractivity contribution in [2.75, 3.05) is 0 Å². The minimum absolute atomic E-state index is 0.368. The Bertz CT molecular complexity index is 995. The van der Waals surface area contributed by atoms with Crippen molar-refractivity contribution in [1.82, 2.24) is 0 Å². The molecule has 0 saturated heterocycles. The molecule has 4 rings (SSSR count). The summed E-state index contributed by atoms with van der Waals surface area (Å²) in [4.78, 5) is 0. The Morgan fingerprint density at radius 2 is 1.11 bits per heavy atom. The molecule has 0 radical (unpaired) electrons. The summed E-state index contributed by atoms with van der Waals surface area (Å²) < 4.78 is 0. The molecule has 2 nitrogen and oxygen atoms in total. The van der Waals surface area contributed by atoms with E-state index >= 15 is 0 Å². The smallest absolute Gasteiger partial charge is 0.109 e. The number of benzene rings is 4. The molecule has 1 atom stereocenters. The summed E-state index contributed by atoms with van der Waals surface area (Å²) in [5.74, 6) is 0. The Morgan fingerprint density at radius 3 is 1.71 bits per heavy atom. The van der Waals surface area contributed by atoms with Gasteiger partial charge in [0.15, 0.2) is 0 Å². The predicted molar refractivity (Wildman–Crippen MR) is 114 cm³/mol. The molecule has 2 heteroatoms. The van der Waals surface area contributed by atoms with Crippen LogP contribution < -0.4 is 0 Å². The predicted octanol–water partition coefficient (Wildman–Crippen LogP) is 5.09. The van der Waals surface area contributed by atoms with Gasteiger partial charge in [0, 0.05) is 12.8 Å². The van der Waals surface area contributed by atoms with Crippen LogP contribution in [0.15, 0.2) is 103 Å². The molecule has 0 aromatic heterocycles. The number of hydrogen-bond donors (Lipinski definition) is 2. The summed E-state index contributed by atoms with van der Waals surface area (Å²) in [5, 5.41) is 25.2. The van der Waals surface area contributed by atoms with Gasteiger partial charge >= 0.3 is 0 Å². The third-order valence-corrected chi connectivity index (χ3v) is 5.33. The van der Waals surface area contributed by atoms with Crippen LogP contribution in [0, 0.1) is 0 Å². The standard InChI is InChI=1S/C26H24O2/c27-25(24-17-9-15-22-14-7-8-16-23(22)24)26(28,18-20-10-3-1-4-11-20)19-21-12-5-2-6-13-21/h1-17,25,27-28H,18-19H2/t25-/m0/s1. The fraction of sp³-hybridized carbons (Fsp3) is 0.154. The number of hydrogen-bond acceptors (Lipinski definition) is 2. The lowest BCUT2D eigenvalue weighted by molar-refractivity contribution is -0.0759. The summed E-state index contributed by atoms with van der Waals surface area (Å²) in [6, 6.07) is 33.6. The molecule has 0 saturated carbocycles. The van der Waals surface area contributed by atoms with Gasteiger partial charge in [-0.25, -0.2) is 0 Å². The maximum absolute atomic E-state index is 11.7. The summed E-state index contributed by atoms with van der Waals surface area (Å²) >= 11 is 0. The third kappa shape index (κ3) is 3.84. The molecule has 0 spiro atoms. The molecule has 0 heterocycles. The molecule has 0 amide bonds. The molecular formula is C26H24O2. The maximum Gasteiger partial charge on any atom is 0.109 e. The maximum atomic E-state index is 11.7. The topological polar surface area (TPSA) is 40.5 Å². The van der Waals surface area contributed by atoms with Crippen molar-refractivity contribution in [2.24, 2.45) is 0 Å². The van der Waals surface area contributed by atoms with Crippen molar-refractivity contribution < 1.29 is 10.2 Å². The first-order chi connectivity index (χ1) is 13.7. The van der Waals surface area contributed by atoms with Gasteiger partial charge in [0.05, 0.1) is 0 Å². The summed E-state index contributed by atoms with van der Waals surface area (Å²) in [6.45, 7) is 0. The largest absolute Gasteiger partial charge is 0.386 e. The Balaban J connectivity index is 1.77. The summed E-state index contributed by atoms with van der Waals surface area (Å²) in [5.41, 5.74) is 1.43. The fourth-order valence-corrected chi connectivity index (χ4v) is 3.93. The lowest BCUT2D eigenvalue weighted by Gasteiger charge is -2.34. The van der Waals surface area contributed by atoms with E-state index in [1.807, 2.05) is 103 Å². The van der Waals surface area contributed by atoms with E-state index in [1.165, 1.54) is 0 Å². The molecule has 0 aliphatic heterocycles. The molecule has 140 valence electrons. The van der Waals surface area contributed by atoms with E-state index in [4.69, 9.17) is 0 Å². The van der Waals surface area contributed by atoms with Crippen molar-refractivity contribution >= 4 is 10.8 Å². The van der Waals surface area contributed by atoms with Gasteiger partial charge in [0.25, 0.3) is 0 Å². The second-order valence-corrected chi connectivity index (χ2v) is 7.40. The number of rotatable bonds is 6. The van der Waals surface area contributed by atoms with Crippen molar-refractivity contribution in [1.29, 1.82) is 0 Å². The normalized spacial score (nSPS) is 12.8. The Hall–Kier alpha value is -2.94. The van der Waals surface area contributed by atoms with Crippen molar-refractivity contribution in [3.63, 3.8) is 0 Å². The van der Waals surface area contributed by atoms with Gasteiger partial charge in [0.1, 0.15) is 11.7 Å². The Morgan fingerprint density at radius 1 is 0.607 bits per heavy atom. The monoisotopic (exact) mass is 368 g/mol. The van der Waals surface area contributed by atoms with E-state index in [1.54, 1.807) is 0 Å². The van der Waals surface area contributed by atoms with Crippen molar-refractivity contribution in [3.05, 3.63) is 120 Å². The van der Waals surface area contributed by atoms with Gasteiger partial charge < -0.3 is 10.2 Å². The SMILES string of the molecule is O[C@@H](c1cccc2ccccc12)C(O)(Cc1ccccc1)Cc1ccccc1. The van der Waals surface area contributed by atoms with Gasteiger partial charge in [0.2, 0.25) is 0 Å². The van der Waals surface area contributed by atoms with Crippen LogP contribution in [-0.2, 0) is 12.8 Å². The average Bonchev–Trinajstić information content (AvgIpc) is 2.74. The van der Waals surface area contributed by atoms with Gasteiger partial charge in [-0.1, -0.05) is 103 Å². The van der Waals surface area contributed by atoms with E-state index in [-0.39, 0.29) is 0 Å². The number of fused-ring (bicyclic) bond motifs is 1. The molecule has 4 aromatic rings. The molecule has 0 aliphatic carbocycles. The molecule has 28 heavy (non-hydrogen) atoms. The van der Waals surface area contributed by atoms with E-state index in [0.717, 1.165) is 27.5 Å². The first-order valence-corrected chi connectivity index (χ1v) is 9.62. The molecule has 0 aliphatic rings. The molecule has 0 bridgehead atoms. The minimum atomic E-state index is -1.33. The molecule has 0 unspecified atom stereocenters. The van der Waals surface area contributed by atoms with E-state index in [2.05, 4.69) is 0 Å². The lowest BCUT2D eigenvalue weighted by Crippen LogP contribution is -2.41. The van der Waals surface area contributed by atoms with Gasteiger partial charge in [-0.15, -0.1) is 0 Å². The van der Waals surface area contributed by atoms with Crippen LogP contribution in [0.3, 0.4) is 0 Å². The first kappa shape index (κ1) is 18.4. The number of aliphatic hydroxyl groups excluding tert-OH is 1. The van der Waals surface area contributed by atoms with Gasteiger partial charge in [-0.2, -0.15) is 0 Å². The molecule has 4 aromatic carbocycles. The van der Waals surface area contributed by atoms with Crippen molar-refractivity contribution in [3.8, 4) is 0 Å². The van der Waals surface area contributed by atoms with E-state index in [9.17, 15) is 10.2 Å². The van der Waals surface area contributed by atoms with Crippen molar-refractivity contribution in [2.45, 2.75) is 24.5 Å². The van der Waals surface area contributed by atoms with Crippen LogP contribution in [0.25, 0.3) is 10.8 Å². The van der Waals surface area contributed by atoms with Crippen LogP contribution >= 0.6 is 0 Å². The average molecular weight is 368 g/mol. The Kier molecular flexibility index (Phi) is 5.25. The second kappa shape index (κ2) is 7.97. The van der Waals surface area contributed by atoms with Crippen LogP contribution in [-0.4, -0.2) is 15.8 Å². The molecule has 0 fully saturated rings. The van der Waals surface area contributed by atoms with E-state index < -0.39 is 11.7 Å². The van der Waals surface area contributed by atoms with Crippen LogP contribution in [0.4, 0.5) is 0 Å². The molecule has 2 N–H and O–H groups in total. The quantitative estimate of drug-likeness (QED) is 0.498. The lowest BCUT2D eigenvalue weighted by atomic mass is 9.79.